The van der Waals surface area contributed by atoms with E-state index in [2.05, 4.69) is 0 Å². The minimum absolute atomic E-state index is 0.0331. The first-order chi connectivity index (χ1) is 20.6. The molecule has 4 aliphatic rings. The Morgan fingerprint density at radius 2 is 1.77 bits per heavy atom. The van der Waals surface area contributed by atoms with Gasteiger partial charge in [-0.15, -0.1) is 0 Å². The predicted molar refractivity (Wildman–Crippen MR) is 160 cm³/mol. The number of carbonyl (C=O) groups excluding carboxylic acids is 4. The van der Waals surface area contributed by atoms with E-state index in [0.29, 0.717) is 17.6 Å². The minimum Gasteiger partial charge on any atom is -0.465 e. The van der Waals surface area contributed by atoms with Gasteiger partial charge in [-0.05, 0) is 42.4 Å². The van der Waals surface area contributed by atoms with E-state index in [1.807, 2.05) is 51.1 Å². The van der Waals surface area contributed by atoms with Crippen LogP contribution in [-0.4, -0.2) is 63.9 Å². The van der Waals surface area contributed by atoms with E-state index in [-0.39, 0.29) is 44.4 Å². The lowest BCUT2D eigenvalue weighted by Gasteiger charge is -2.50. The second kappa shape index (κ2) is 11.2. The number of rotatable bonds is 9. The summed E-state index contributed by atoms with van der Waals surface area (Å²) in [4.78, 5) is 51.5. The highest BCUT2D eigenvalue weighted by molar-refractivity contribution is 6.04. The molecule has 0 heterocycles. The zero-order valence-electron chi connectivity index (χ0n) is 26.4. The second-order valence-corrected chi connectivity index (χ2v) is 13.7. The van der Waals surface area contributed by atoms with Gasteiger partial charge in [0, 0.05) is 36.5 Å². The summed E-state index contributed by atoms with van der Waals surface area (Å²) in [7, 11) is 0. The van der Waals surface area contributed by atoms with Gasteiger partial charge in [0.05, 0.1) is 17.9 Å². The van der Waals surface area contributed by atoms with Crippen LogP contribution < -0.4 is 0 Å². The van der Waals surface area contributed by atoms with Crippen molar-refractivity contribution in [3.63, 3.8) is 0 Å². The van der Waals surface area contributed by atoms with Gasteiger partial charge in [-0.3, -0.25) is 19.2 Å². The lowest BCUT2D eigenvalue weighted by atomic mass is 9.60. The Morgan fingerprint density at radius 1 is 1.09 bits per heavy atom. The van der Waals surface area contributed by atoms with Crippen molar-refractivity contribution in [1.82, 2.24) is 0 Å². The molecule has 0 bridgehead atoms. The van der Waals surface area contributed by atoms with Crippen LogP contribution in [-0.2, 0) is 39.8 Å². The topological polar surface area (TPSA) is 136 Å². The number of hydrogen-bond acceptors (Lipinski definition) is 9. The lowest BCUT2D eigenvalue weighted by Crippen LogP contribution is -2.61. The third-order valence-electron chi connectivity index (χ3n) is 10.9. The average molecular weight is 609 g/mol. The Labute approximate surface area is 258 Å². The number of ketones is 1. The van der Waals surface area contributed by atoms with E-state index in [1.165, 1.54) is 6.92 Å². The molecule has 5 rings (SSSR count). The monoisotopic (exact) mass is 608 g/mol. The Kier molecular flexibility index (Phi) is 8.21. The van der Waals surface area contributed by atoms with Crippen LogP contribution in [0.4, 0.5) is 0 Å². The number of Topliss-reactive ketones (excluding diaryl/α,β-unsaturated/α-hetero) is 1. The van der Waals surface area contributed by atoms with Crippen LogP contribution in [0.1, 0.15) is 66.4 Å². The van der Waals surface area contributed by atoms with Gasteiger partial charge in [0.1, 0.15) is 24.4 Å². The molecule has 238 valence electrons. The molecule has 1 aromatic carbocycles. The van der Waals surface area contributed by atoms with E-state index >= 15 is 0 Å². The summed E-state index contributed by atoms with van der Waals surface area (Å²) in [5.41, 5.74) is -3.85. The number of carbonyl (C=O) groups is 4. The van der Waals surface area contributed by atoms with Gasteiger partial charge in [-0.2, -0.15) is 0 Å². The minimum atomic E-state index is -1.92. The van der Waals surface area contributed by atoms with Crippen molar-refractivity contribution in [3.05, 3.63) is 59.2 Å². The molecule has 9 atom stereocenters. The first-order valence-electron chi connectivity index (χ1n) is 15.6. The quantitative estimate of drug-likeness (QED) is 0.243. The maximum absolute atomic E-state index is 13.5. The molecule has 2 saturated carbocycles. The molecule has 9 nitrogen and oxygen atoms in total. The highest BCUT2D eigenvalue weighted by atomic mass is 16.6. The van der Waals surface area contributed by atoms with Crippen LogP contribution in [0.5, 0.6) is 0 Å². The van der Waals surface area contributed by atoms with Gasteiger partial charge in [-0.1, -0.05) is 70.2 Å². The average Bonchev–Trinajstić information content (AvgIpc) is 3.42. The largest absolute Gasteiger partial charge is 0.465 e. The molecule has 0 unspecified atom stereocenters. The zero-order chi connectivity index (χ0) is 32.2. The summed E-state index contributed by atoms with van der Waals surface area (Å²) in [6.45, 7) is 10.2. The van der Waals surface area contributed by atoms with Gasteiger partial charge < -0.3 is 24.4 Å². The molecule has 0 aliphatic heterocycles. The van der Waals surface area contributed by atoms with E-state index in [0.717, 1.165) is 5.56 Å². The van der Waals surface area contributed by atoms with Crippen LogP contribution in [0, 0.1) is 35.0 Å². The number of esters is 3. The third kappa shape index (κ3) is 4.92. The van der Waals surface area contributed by atoms with Crippen molar-refractivity contribution >= 4 is 23.7 Å². The molecule has 0 saturated heterocycles. The predicted octanol–water partition coefficient (Wildman–Crippen LogP) is 3.89. The Bertz CT molecular complexity index is 1410. The normalized spacial score (nSPS) is 37.7. The van der Waals surface area contributed by atoms with E-state index in [4.69, 9.17) is 14.2 Å². The van der Waals surface area contributed by atoms with Gasteiger partial charge >= 0.3 is 17.9 Å². The lowest BCUT2D eigenvalue weighted by molar-refractivity contribution is -0.187. The number of ether oxygens (including phenoxy) is 3. The van der Waals surface area contributed by atoms with Gasteiger partial charge in [-0.25, -0.2) is 0 Å². The standard InChI is InChI=1S/C35H44O9/c1-7-20(2)31(39)43-19-32(6)29-26-14-25(18-42-23(5)36)17-33(40)27(13-21(3)30(33)38)35(26,41)22(4)16-34(29,32)44-28(37)15-24-11-9-8-10-12-24/h8-14,20,22,26-27,29,40-41H,7,15-19H2,1-6H3/t20-,22+,26+,27+,29+,32+,33+,34-,35+/m0/s1. The molecule has 0 amide bonds. The number of aliphatic hydroxyl groups is 2. The van der Waals surface area contributed by atoms with Crippen molar-refractivity contribution in [2.75, 3.05) is 13.2 Å². The summed E-state index contributed by atoms with van der Waals surface area (Å²) in [6, 6.07) is 9.26. The van der Waals surface area contributed by atoms with Crippen molar-refractivity contribution in [3.8, 4) is 0 Å². The van der Waals surface area contributed by atoms with Crippen molar-refractivity contribution < 1.29 is 43.6 Å². The SMILES string of the molecule is CC[C@H](C)C(=O)OC[C@]1(C)[C@H]2[C@H]3C=C(COC(C)=O)C[C@]4(O)C(=O)C(C)=C[C@H]4[C@@]3(O)[C@H](C)C[C@]21OC(=O)Cc1ccccc1. The summed E-state index contributed by atoms with van der Waals surface area (Å²) < 4.78 is 17.6. The number of hydrogen-bond donors (Lipinski definition) is 2. The van der Waals surface area contributed by atoms with Crippen LogP contribution in [0.3, 0.4) is 0 Å². The first-order valence-corrected chi connectivity index (χ1v) is 15.6. The van der Waals surface area contributed by atoms with Crippen LogP contribution in [0.15, 0.2) is 53.6 Å². The van der Waals surface area contributed by atoms with Gasteiger partial charge in [0.25, 0.3) is 0 Å². The van der Waals surface area contributed by atoms with Crippen molar-refractivity contribution in [2.24, 2.45) is 35.0 Å². The number of fused-ring (bicyclic) bond motifs is 5. The van der Waals surface area contributed by atoms with Gasteiger partial charge in [0.15, 0.2) is 5.78 Å². The smallest absolute Gasteiger partial charge is 0.310 e. The Balaban J connectivity index is 1.59. The van der Waals surface area contributed by atoms with Gasteiger partial charge in [0.2, 0.25) is 0 Å². The molecule has 0 spiro atoms. The second-order valence-electron chi connectivity index (χ2n) is 13.7. The van der Waals surface area contributed by atoms with Crippen LogP contribution in [0.2, 0.25) is 0 Å². The molecule has 1 aromatic rings. The summed E-state index contributed by atoms with van der Waals surface area (Å²) in [5.74, 6) is -4.81. The van der Waals surface area contributed by atoms with Crippen molar-refractivity contribution in [1.29, 1.82) is 0 Å². The molecular weight excluding hydrogens is 564 g/mol. The summed E-state index contributed by atoms with van der Waals surface area (Å²) >= 11 is 0. The van der Waals surface area contributed by atoms with Crippen molar-refractivity contribution in [2.45, 2.75) is 84.0 Å². The molecule has 0 radical (unpaired) electrons. The fraction of sp³-hybridized carbons (Fsp3) is 0.600. The van der Waals surface area contributed by atoms with E-state index in [1.54, 1.807) is 26.0 Å². The summed E-state index contributed by atoms with van der Waals surface area (Å²) in [5, 5.41) is 24.7. The van der Waals surface area contributed by atoms with Crippen LogP contribution >= 0.6 is 0 Å². The maximum atomic E-state index is 13.5. The third-order valence-corrected chi connectivity index (χ3v) is 10.9. The fourth-order valence-electron chi connectivity index (χ4n) is 8.34. The first kappa shape index (κ1) is 32.1. The molecule has 4 aliphatic carbocycles. The molecule has 2 N–H and O–H groups in total. The highest BCUT2D eigenvalue weighted by Crippen LogP contribution is 2.76. The van der Waals surface area contributed by atoms with Crippen LogP contribution in [0.25, 0.3) is 0 Å². The molecular formula is C35H44O9. The Morgan fingerprint density at radius 3 is 2.41 bits per heavy atom. The molecule has 9 heteroatoms. The van der Waals surface area contributed by atoms with E-state index < -0.39 is 63.6 Å². The molecule has 44 heavy (non-hydrogen) atoms. The molecule has 2 fully saturated rings. The number of benzene rings is 1. The molecule has 0 aromatic heterocycles. The maximum Gasteiger partial charge on any atom is 0.310 e. The zero-order valence-corrected chi connectivity index (χ0v) is 26.4. The fourth-order valence-corrected chi connectivity index (χ4v) is 8.34. The Hall–Kier alpha value is -3.30. The highest BCUT2D eigenvalue weighted by Gasteiger charge is 2.85. The van der Waals surface area contributed by atoms with E-state index in [9.17, 15) is 29.4 Å². The summed E-state index contributed by atoms with van der Waals surface area (Å²) in [6.07, 6.45) is 4.24.